The second-order valence-electron chi connectivity index (χ2n) is 8.77. The van der Waals surface area contributed by atoms with E-state index in [4.69, 9.17) is 20.8 Å². The van der Waals surface area contributed by atoms with Crippen molar-refractivity contribution < 1.29 is 13.9 Å². The molecule has 2 heterocycles. The SMILES string of the molecule is Cc1cc2oc(C(=O)NCC(c3ccc(C(C)C)cc3)N3CCOCC3)cc(=O)c2cc1Cl. The van der Waals surface area contributed by atoms with E-state index in [1.54, 1.807) is 12.1 Å². The van der Waals surface area contributed by atoms with Crippen LogP contribution in [0, 0.1) is 6.92 Å². The lowest BCUT2D eigenvalue weighted by Gasteiger charge is -2.35. The van der Waals surface area contributed by atoms with E-state index >= 15 is 0 Å². The van der Waals surface area contributed by atoms with Crippen LogP contribution < -0.4 is 10.7 Å². The third-order valence-electron chi connectivity index (χ3n) is 6.16. The van der Waals surface area contributed by atoms with Gasteiger partial charge in [0, 0.05) is 30.7 Å². The van der Waals surface area contributed by atoms with Gasteiger partial charge in [0.2, 0.25) is 0 Å². The summed E-state index contributed by atoms with van der Waals surface area (Å²) in [6.45, 7) is 9.46. The molecule has 1 fully saturated rings. The van der Waals surface area contributed by atoms with Crippen LogP contribution in [0.1, 0.15) is 53.1 Å². The fourth-order valence-corrected chi connectivity index (χ4v) is 4.28. The van der Waals surface area contributed by atoms with Gasteiger partial charge >= 0.3 is 0 Å². The molecular formula is C26H29ClN2O4. The van der Waals surface area contributed by atoms with Crippen molar-refractivity contribution in [3.63, 3.8) is 0 Å². The van der Waals surface area contributed by atoms with Crippen molar-refractivity contribution in [2.75, 3.05) is 32.8 Å². The molecule has 0 aliphatic carbocycles. The van der Waals surface area contributed by atoms with Crippen molar-refractivity contribution in [3.8, 4) is 0 Å². The number of nitrogens with zero attached hydrogens (tertiary/aromatic N) is 1. The minimum absolute atomic E-state index is 0.00714. The second-order valence-corrected chi connectivity index (χ2v) is 9.18. The van der Waals surface area contributed by atoms with E-state index in [9.17, 15) is 9.59 Å². The largest absolute Gasteiger partial charge is 0.451 e. The zero-order valence-electron chi connectivity index (χ0n) is 19.2. The van der Waals surface area contributed by atoms with Gasteiger partial charge in [-0.2, -0.15) is 0 Å². The summed E-state index contributed by atoms with van der Waals surface area (Å²) in [5, 5.41) is 3.82. The van der Waals surface area contributed by atoms with Crippen molar-refractivity contribution in [1.29, 1.82) is 0 Å². The predicted octanol–water partition coefficient (Wildman–Crippen LogP) is 4.68. The normalized spacial score (nSPS) is 15.7. The molecular weight excluding hydrogens is 440 g/mol. The molecule has 1 N–H and O–H groups in total. The fourth-order valence-electron chi connectivity index (χ4n) is 4.12. The molecule has 174 valence electrons. The summed E-state index contributed by atoms with van der Waals surface area (Å²) in [7, 11) is 0. The Hall–Kier alpha value is -2.67. The average Bonchev–Trinajstić information content (AvgIpc) is 2.81. The maximum absolute atomic E-state index is 12.9. The predicted molar refractivity (Wildman–Crippen MR) is 130 cm³/mol. The number of hydrogen-bond donors (Lipinski definition) is 1. The Kier molecular flexibility index (Phi) is 7.17. The minimum Gasteiger partial charge on any atom is -0.451 e. The summed E-state index contributed by atoms with van der Waals surface area (Å²) in [5.74, 6) is 0.0266. The highest BCUT2D eigenvalue weighted by atomic mass is 35.5. The maximum atomic E-state index is 12.9. The number of rotatable bonds is 6. The number of benzene rings is 2. The number of carbonyl (C=O) groups is 1. The van der Waals surface area contributed by atoms with Crippen molar-refractivity contribution in [2.45, 2.75) is 32.7 Å². The molecule has 1 atom stereocenters. The van der Waals surface area contributed by atoms with Gasteiger partial charge in [-0.3, -0.25) is 14.5 Å². The number of carbonyl (C=O) groups excluding carboxylic acids is 1. The van der Waals surface area contributed by atoms with Gasteiger partial charge in [-0.25, -0.2) is 0 Å². The minimum atomic E-state index is -0.418. The van der Waals surface area contributed by atoms with Crippen molar-refractivity contribution in [2.24, 2.45) is 0 Å². The third kappa shape index (κ3) is 5.29. The Bertz CT molecular complexity index is 1200. The summed E-state index contributed by atoms with van der Waals surface area (Å²) in [5.41, 5.74) is 3.24. The lowest BCUT2D eigenvalue weighted by molar-refractivity contribution is 0.0161. The van der Waals surface area contributed by atoms with E-state index in [1.165, 1.54) is 11.6 Å². The Balaban J connectivity index is 1.56. The average molecular weight is 469 g/mol. The molecule has 1 aliphatic heterocycles. The molecule has 0 bridgehead atoms. The zero-order chi connectivity index (χ0) is 23.5. The number of fused-ring (bicyclic) bond motifs is 1. The highest BCUT2D eigenvalue weighted by Crippen LogP contribution is 2.25. The van der Waals surface area contributed by atoms with Gasteiger partial charge in [0.25, 0.3) is 5.91 Å². The summed E-state index contributed by atoms with van der Waals surface area (Å²) in [6.07, 6.45) is 0. The number of hydrogen-bond acceptors (Lipinski definition) is 5. The standard InChI is InChI=1S/C26H29ClN2O4/c1-16(2)18-4-6-19(7-5-18)22(29-8-10-32-11-9-29)15-28-26(31)25-14-23(30)20-13-21(27)17(3)12-24(20)33-25/h4-7,12-14,16,22H,8-11,15H2,1-3H3,(H,28,31). The maximum Gasteiger partial charge on any atom is 0.287 e. The highest BCUT2D eigenvalue weighted by molar-refractivity contribution is 6.32. The van der Waals surface area contributed by atoms with Crippen LogP contribution in [0.2, 0.25) is 5.02 Å². The van der Waals surface area contributed by atoms with E-state index in [0.717, 1.165) is 24.2 Å². The molecule has 3 aromatic rings. The molecule has 1 aliphatic rings. The first-order valence-corrected chi connectivity index (χ1v) is 11.6. The first-order chi connectivity index (χ1) is 15.8. The smallest absolute Gasteiger partial charge is 0.287 e. The van der Waals surface area contributed by atoms with Crippen molar-refractivity contribution >= 4 is 28.5 Å². The fraction of sp³-hybridized carbons (Fsp3) is 0.385. The summed E-state index contributed by atoms with van der Waals surface area (Å²) in [6, 6.07) is 13.0. The highest BCUT2D eigenvalue weighted by Gasteiger charge is 2.24. The molecule has 0 radical (unpaired) electrons. The molecule has 0 spiro atoms. The molecule has 1 saturated heterocycles. The number of ether oxygens (including phenoxy) is 1. The van der Waals surface area contributed by atoms with Gasteiger partial charge < -0.3 is 14.5 Å². The summed E-state index contributed by atoms with van der Waals surface area (Å²) < 4.78 is 11.3. The van der Waals surface area contributed by atoms with E-state index in [-0.39, 0.29) is 17.2 Å². The number of morpholine rings is 1. The topological polar surface area (TPSA) is 71.8 Å². The van der Waals surface area contributed by atoms with Crippen LogP contribution in [-0.2, 0) is 4.74 Å². The van der Waals surface area contributed by atoms with Gasteiger partial charge in [-0.05, 0) is 41.7 Å². The number of nitrogens with one attached hydrogen (secondary N) is 1. The first-order valence-electron chi connectivity index (χ1n) is 11.3. The molecule has 1 unspecified atom stereocenters. The van der Waals surface area contributed by atoms with Crippen LogP contribution >= 0.6 is 11.6 Å². The molecule has 33 heavy (non-hydrogen) atoms. The Morgan fingerprint density at radius 2 is 1.76 bits per heavy atom. The van der Waals surface area contributed by atoms with E-state index in [2.05, 4.69) is 48.3 Å². The van der Waals surface area contributed by atoms with Gasteiger partial charge in [0.15, 0.2) is 11.2 Å². The molecule has 6 nitrogen and oxygen atoms in total. The van der Waals surface area contributed by atoms with Gasteiger partial charge in [-0.1, -0.05) is 49.7 Å². The van der Waals surface area contributed by atoms with Crippen molar-refractivity contribution in [3.05, 3.63) is 80.2 Å². The summed E-state index contributed by atoms with van der Waals surface area (Å²) in [4.78, 5) is 27.8. The lowest BCUT2D eigenvalue weighted by atomic mass is 9.98. The molecule has 7 heteroatoms. The van der Waals surface area contributed by atoms with Crippen LogP contribution in [0.5, 0.6) is 0 Å². The molecule has 4 rings (SSSR count). The quantitative estimate of drug-likeness (QED) is 0.568. The monoisotopic (exact) mass is 468 g/mol. The van der Waals surface area contributed by atoms with Gasteiger partial charge in [-0.15, -0.1) is 0 Å². The van der Waals surface area contributed by atoms with E-state index in [1.807, 2.05) is 6.92 Å². The number of aryl methyl sites for hydroxylation is 1. The Morgan fingerprint density at radius 3 is 2.42 bits per heavy atom. The molecule has 1 aromatic heterocycles. The second kappa shape index (κ2) is 10.1. The third-order valence-corrected chi connectivity index (χ3v) is 6.57. The van der Waals surface area contributed by atoms with Crippen LogP contribution in [0.4, 0.5) is 0 Å². The Morgan fingerprint density at radius 1 is 1.09 bits per heavy atom. The molecule has 1 amide bonds. The van der Waals surface area contributed by atoms with Crippen LogP contribution in [0.15, 0.2) is 51.7 Å². The number of halogens is 1. The van der Waals surface area contributed by atoms with Crippen LogP contribution in [-0.4, -0.2) is 43.7 Å². The lowest BCUT2D eigenvalue weighted by Crippen LogP contribution is -2.43. The van der Waals surface area contributed by atoms with E-state index < -0.39 is 5.91 Å². The van der Waals surface area contributed by atoms with Crippen LogP contribution in [0.25, 0.3) is 11.0 Å². The van der Waals surface area contributed by atoms with Crippen molar-refractivity contribution in [1.82, 2.24) is 10.2 Å². The van der Waals surface area contributed by atoms with Crippen LogP contribution in [0.3, 0.4) is 0 Å². The van der Waals surface area contributed by atoms with Gasteiger partial charge in [0.05, 0.1) is 24.6 Å². The summed E-state index contributed by atoms with van der Waals surface area (Å²) >= 11 is 6.13. The molecule has 0 saturated carbocycles. The Labute approximate surface area is 198 Å². The van der Waals surface area contributed by atoms with E-state index in [0.29, 0.717) is 41.7 Å². The molecule has 2 aromatic carbocycles. The zero-order valence-corrected chi connectivity index (χ0v) is 19.9. The number of amides is 1. The van der Waals surface area contributed by atoms with Gasteiger partial charge in [0.1, 0.15) is 5.58 Å². The first kappa shape index (κ1) is 23.5.